The van der Waals surface area contributed by atoms with Gasteiger partial charge in [-0.2, -0.15) is 0 Å². The van der Waals surface area contributed by atoms with Crippen LogP contribution in [0.2, 0.25) is 0 Å². The Morgan fingerprint density at radius 3 is 1.45 bits per heavy atom. The molecule has 0 saturated carbocycles. The fourth-order valence-electron chi connectivity index (χ4n) is 1.36. The molecule has 2 aromatic rings. The van der Waals surface area contributed by atoms with Crippen molar-refractivity contribution >= 4 is 67.7 Å². The highest BCUT2D eigenvalue weighted by Crippen LogP contribution is 2.11. The van der Waals surface area contributed by atoms with E-state index in [2.05, 4.69) is 31.9 Å². The summed E-state index contributed by atoms with van der Waals surface area (Å²) in [5.74, 6) is -4.57. The van der Waals surface area contributed by atoms with Gasteiger partial charge in [0.2, 0.25) is 5.78 Å². The lowest BCUT2D eigenvalue weighted by Gasteiger charge is -1.92. The zero-order chi connectivity index (χ0) is 22.4. The molecule has 0 unspecified atom stereocenters. The van der Waals surface area contributed by atoms with E-state index >= 15 is 0 Å². The summed E-state index contributed by atoms with van der Waals surface area (Å²) in [7, 11) is 0. The van der Waals surface area contributed by atoms with E-state index in [1.807, 2.05) is 24.3 Å². The van der Waals surface area contributed by atoms with Crippen molar-refractivity contribution in [2.24, 2.45) is 0 Å². The Bertz CT molecular complexity index is 874. The van der Waals surface area contributed by atoms with Crippen LogP contribution in [0.3, 0.4) is 0 Å². The van der Waals surface area contributed by atoms with E-state index in [0.29, 0.717) is 5.56 Å². The van der Waals surface area contributed by atoms with E-state index in [-0.39, 0.29) is 0 Å². The second-order valence-corrected chi connectivity index (χ2v) is 6.92. The number of hydrogen-bond acceptors (Lipinski definition) is 5. The summed E-state index contributed by atoms with van der Waals surface area (Å²) >= 11 is 6.52. The zero-order valence-corrected chi connectivity index (χ0v) is 18.2. The monoisotopic (exact) mass is 526 g/mol. The molecule has 0 aliphatic heterocycles. The number of hydrogen-bond donors (Lipinski definition) is 2. The van der Waals surface area contributed by atoms with Crippen molar-refractivity contribution < 1.29 is 34.2 Å². The van der Waals surface area contributed by atoms with E-state index in [1.54, 1.807) is 24.3 Å². The Kier molecular flexibility index (Phi) is 12.7. The fourth-order valence-corrected chi connectivity index (χ4v) is 1.89. The molecule has 152 valence electrons. The molecule has 29 heavy (non-hydrogen) atoms. The van der Waals surface area contributed by atoms with Crippen molar-refractivity contribution in [3.05, 3.63) is 74.7 Å². The fraction of sp³-hybridized carbons (Fsp3) is 0.0500. The van der Waals surface area contributed by atoms with Crippen molar-refractivity contribution in [1.29, 1.82) is 0 Å². The summed E-state index contributed by atoms with van der Waals surface area (Å²) in [5, 5.41) is 15.9. The van der Waals surface area contributed by atoms with Gasteiger partial charge in [-0.15, -0.1) is 0 Å². The highest BCUT2D eigenvalue weighted by molar-refractivity contribution is 9.10. The molecule has 2 N–H and O–H groups in total. The van der Waals surface area contributed by atoms with Gasteiger partial charge < -0.3 is 10.2 Å². The minimum atomic E-state index is -1.45. The van der Waals surface area contributed by atoms with E-state index in [9.17, 15) is 24.0 Å². The van der Waals surface area contributed by atoms with Crippen LogP contribution in [0.5, 0.6) is 0 Å². The molecule has 0 saturated heterocycles. The van der Waals surface area contributed by atoms with Crippen LogP contribution in [0.15, 0.2) is 63.6 Å². The maximum atomic E-state index is 10.7. The van der Waals surface area contributed by atoms with E-state index < -0.39 is 23.5 Å². The highest BCUT2D eigenvalue weighted by atomic mass is 79.9. The Morgan fingerprint density at radius 1 is 0.759 bits per heavy atom. The van der Waals surface area contributed by atoms with Crippen LogP contribution < -0.4 is 0 Å². The number of aliphatic carboxylic acids is 2. The maximum absolute atomic E-state index is 10.7. The first-order valence-corrected chi connectivity index (χ1v) is 9.31. The van der Waals surface area contributed by atoms with Crippen molar-refractivity contribution in [2.75, 3.05) is 0 Å². The van der Waals surface area contributed by atoms with Gasteiger partial charge in [-0.3, -0.25) is 14.4 Å². The lowest BCUT2D eigenvalue weighted by atomic mass is 10.2. The van der Waals surface area contributed by atoms with Gasteiger partial charge in [-0.05, 0) is 35.9 Å². The first kappa shape index (κ1) is 26.1. The van der Waals surface area contributed by atoms with Crippen LogP contribution in [0, 0.1) is 0 Å². The van der Waals surface area contributed by atoms with Gasteiger partial charge in [-0.1, -0.05) is 62.2 Å². The second kappa shape index (κ2) is 14.1. The lowest BCUT2D eigenvalue weighted by Crippen LogP contribution is -2.08. The van der Waals surface area contributed by atoms with E-state index in [0.717, 1.165) is 33.8 Å². The van der Waals surface area contributed by atoms with Crippen molar-refractivity contribution in [3.8, 4) is 0 Å². The Hall–Kier alpha value is -2.91. The Balaban J connectivity index is 0.000000448. The molecule has 0 spiro atoms. The van der Waals surface area contributed by atoms with Crippen LogP contribution in [0.4, 0.5) is 0 Å². The summed E-state index contributed by atoms with van der Waals surface area (Å²) in [4.78, 5) is 49.8. The van der Waals surface area contributed by atoms with Crippen LogP contribution in [0.25, 0.3) is 6.08 Å². The van der Waals surface area contributed by atoms with Gasteiger partial charge in [-0.25, -0.2) is 9.59 Å². The molecule has 7 nitrogen and oxygen atoms in total. The Labute approximate surface area is 183 Å². The minimum absolute atomic E-state index is 0.707. The number of carboxylic acids is 2. The van der Waals surface area contributed by atoms with E-state index in [1.165, 1.54) is 6.08 Å². The number of carbonyl (C=O) groups excluding carboxylic acids is 3. The maximum Gasteiger partial charge on any atom is 0.376 e. The quantitative estimate of drug-likeness (QED) is 0.341. The molecule has 2 aromatic carbocycles. The van der Waals surface area contributed by atoms with Gasteiger partial charge in [0.15, 0.2) is 0 Å². The molecule has 0 radical (unpaired) electrons. The number of rotatable bonds is 5. The van der Waals surface area contributed by atoms with Crippen molar-refractivity contribution in [1.82, 2.24) is 0 Å². The largest absolute Gasteiger partial charge is 0.476 e. The van der Waals surface area contributed by atoms with E-state index in [4.69, 9.17) is 10.2 Å². The number of aldehydes is 1. The molecular weight excluding hydrogens is 512 g/mol. The molecule has 0 aromatic heterocycles. The number of carbonyl (C=O) groups is 5. The SMILES string of the molecule is CC(=O)C(=O)O.O=C(O)C(=O)/C=C/c1ccc(Br)cc1.O=Cc1ccc(Br)cc1. The molecule has 9 heteroatoms. The molecule has 2 rings (SSSR count). The number of halogens is 2. The standard InChI is InChI=1S/C10H7BrO3.C7H5BrO.C3H4O3/c11-8-4-1-7(2-5-8)3-6-9(12)10(13)14;8-7-3-1-6(5-9)2-4-7;1-2(4)3(5)6/h1-6H,(H,13,14);1-5H;1H3,(H,5,6)/b6-3+;;. The topological polar surface area (TPSA) is 126 Å². The molecule has 0 atom stereocenters. The molecular formula is C20H16Br2O7. The molecule has 0 aliphatic carbocycles. The van der Waals surface area contributed by atoms with Crippen LogP contribution in [0.1, 0.15) is 22.8 Å². The van der Waals surface area contributed by atoms with Crippen LogP contribution in [-0.4, -0.2) is 40.0 Å². The molecule has 0 fully saturated rings. The second-order valence-electron chi connectivity index (χ2n) is 5.09. The third kappa shape index (κ3) is 13.0. The van der Waals surface area contributed by atoms with Crippen LogP contribution in [-0.2, 0) is 19.2 Å². The lowest BCUT2D eigenvalue weighted by molar-refractivity contribution is -0.148. The number of ketones is 2. The average molecular weight is 528 g/mol. The summed E-state index contributed by atoms with van der Waals surface area (Å²) in [6, 6.07) is 14.4. The first-order valence-electron chi connectivity index (χ1n) is 7.72. The van der Waals surface area contributed by atoms with Gasteiger partial charge in [0.05, 0.1) is 0 Å². The number of carboxylic acid groups (broad SMARTS) is 2. The summed E-state index contributed by atoms with van der Waals surface area (Å²) in [6.45, 7) is 1.00. The summed E-state index contributed by atoms with van der Waals surface area (Å²) in [5.41, 5.74) is 1.49. The first-order chi connectivity index (χ1) is 13.6. The van der Waals surface area contributed by atoms with Gasteiger partial charge >= 0.3 is 11.9 Å². The van der Waals surface area contributed by atoms with Gasteiger partial charge in [0.1, 0.15) is 6.29 Å². The van der Waals surface area contributed by atoms with Gasteiger partial charge in [0.25, 0.3) is 5.78 Å². The number of Topliss-reactive ketones (excluding diaryl/α,β-unsaturated/α-hetero) is 1. The Morgan fingerprint density at radius 2 is 1.14 bits per heavy atom. The molecule has 0 amide bonds. The summed E-state index contributed by atoms with van der Waals surface area (Å²) in [6.07, 6.45) is 3.32. The smallest absolute Gasteiger partial charge is 0.376 e. The average Bonchev–Trinajstić information content (AvgIpc) is 2.68. The van der Waals surface area contributed by atoms with Crippen molar-refractivity contribution in [3.63, 3.8) is 0 Å². The number of benzene rings is 2. The van der Waals surface area contributed by atoms with Gasteiger partial charge in [0, 0.05) is 21.4 Å². The predicted octanol–water partition coefficient (Wildman–Crippen LogP) is 4.04. The molecule has 0 aliphatic rings. The predicted molar refractivity (Wildman–Crippen MR) is 114 cm³/mol. The highest BCUT2D eigenvalue weighted by Gasteiger charge is 2.05. The summed E-state index contributed by atoms with van der Waals surface area (Å²) < 4.78 is 1.92. The van der Waals surface area contributed by atoms with Crippen LogP contribution >= 0.6 is 31.9 Å². The third-order valence-electron chi connectivity index (χ3n) is 2.82. The third-order valence-corrected chi connectivity index (χ3v) is 3.87. The normalized spacial score (nSPS) is 9.34. The molecule has 0 bridgehead atoms. The molecule has 0 heterocycles. The van der Waals surface area contributed by atoms with Crippen molar-refractivity contribution in [2.45, 2.75) is 6.92 Å². The minimum Gasteiger partial charge on any atom is -0.476 e. The zero-order valence-electron chi connectivity index (χ0n) is 15.0.